The van der Waals surface area contributed by atoms with E-state index in [9.17, 15) is 13.2 Å². The zero-order valence-electron chi connectivity index (χ0n) is 14.6. The Morgan fingerprint density at radius 2 is 2.07 bits per heavy atom. The Morgan fingerprint density at radius 1 is 1.30 bits per heavy atom. The van der Waals surface area contributed by atoms with Crippen molar-refractivity contribution in [1.82, 2.24) is 14.8 Å². The van der Waals surface area contributed by atoms with Gasteiger partial charge in [-0.15, -0.1) is 0 Å². The van der Waals surface area contributed by atoms with Crippen LogP contribution in [-0.2, 0) is 16.6 Å². The SMILES string of the molecule is CS(=O)(=O)N1CCCCC1c1cc(C(=O)NCc2ccc(Cl)c(Cl)c2)no1. The zero-order chi connectivity index (χ0) is 19.6. The summed E-state index contributed by atoms with van der Waals surface area (Å²) in [5, 5.41) is 7.37. The third-order valence-corrected chi connectivity index (χ3v) is 6.43. The van der Waals surface area contributed by atoms with Crippen molar-refractivity contribution in [2.75, 3.05) is 12.8 Å². The molecule has 1 N–H and O–H groups in total. The van der Waals surface area contributed by atoms with Crippen molar-refractivity contribution in [3.63, 3.8) is 0 Å². The molecule has 1 aliphatic rings. The Bertz CT molecular complexity index is 945. The molecule has 0 bridgehead atoms. The third kappa shape index (κ3) is 4.82. The Labute approximate surface area is 167 Å². The number of hydrogen-bond acceptors (Lipinski definition) is 5. The average molecular weight is 432 g/mol. The highest BCUT2D eigenvalue weighted by molar-refractivity contribution is 7.88. The van der Waals surface area contributed by atoms with Crippen LogP contribution in [0.15, 0.2) is 28.8 Å². The summed E-state index contributed by atoms with van der Waals surface area (Å²) in [6.07, 6.45) is 3.49. The minimum absolute atomic E-state index is 0.101. The minimum Gasteiger partial charge on any atom is -0.359 e. The molecule has 0 saturated carbocycles. The maximum atomic E-state index is 12.3. The molecule has 0 spiro atoms. The summed E-state index contributed by atoms with van der Waals surface area (Å²) >= 11 is 11.8. The summed E-state index contributed by atoms with van der Waals surface area (Å²) in [7, 11) is -3.37. The lowest BCUT2D eigenvalue weighted by Crippen LogP contribution is -2.37. The summed E-state index contributed by atoms with van der Waals surface area (Å²) in [6.45, 7) is 0.680. The number of rotatable bonds is 5. The molecule has 146 valence electrons. The van der Waals surface area contributed by atoms with E-state index in [0.717, 1.165) is 18.4 Å². The van der Waals surface area contributed by atoms with Crippen molar-refractivity contribution < 1.29 is 17.7 Å². The van der Waals surface area contributed by atoms with Gasteiger partial charge in [0.1, 0.15) is 0 Å². The summed E-state index contributed by atoms with van der Waals surface area (Å²) in [4.78, 5) is 12.3. The van der Waals surface area contributed by atoms with Crippen molar-refractivity contribution in [2.24, 2.45) is 0 Å². The van der Waals surface area contributed by atoms with E-state index in [4.69, 9.17) is 27.7 Å². The Hall–Kier alpha value is -1.61. The van der Waals surface area contributed by atoms with Gasteiger partial charge in [0.2, 0.25) is 10.0 Å². The van der Waals surface area contributed by atoms with Crippen molar-refractivity contribution >= 4 is 39.1 Å². The highest BCUT2D eigenvalue weighted by Gasteiger charge is 2.33. The molecule has 10 heteroatoms. The topological polar surface area (TPSA) is 92.5 Å². The molecule has 1 saturated heterocycles. The summed E-state index contributed by atoms with van der Waals surface area (Å²) in [5.41, 5.74) is 0.890. The number of sulfonamides is 1. The van der Waals surface area contributed by atoms with Crippen LogP contribution >= 0.6 is 23.2 Å². The molecule has 2 heterocycles. The second-order valence-electron chi connectivity index (χ2n) is 6.43. The van der Waals surface area contributed by atoms with Gasteiger partial charge >= 0.3 is 0 Å². The molecule has 1 aromatic carbocycles. The quantitative estimate of drug-likeness (QED) is 0.782. The third-order valence-electron chi connectivity index (χ3n) is 4.41. The number of nitrogens with one attached hydrogen (secondary N) is 1. The first-order valence-corrected chi connectivity index (χ1v) is 11.0. The van der Waals surface area contributed by atoms with Crippen LogP contribution in [0.3, 0.4) is 0 Å². The van der Waals surface area contributed by atoms with Gasteiger partial charge in [-0.1, -0.05) is 40.8 Å². The first-order valence-electron chi connectivity index (χ1n) is 8.41. The van der Waals surface area contributed by atoms with E-state index in [1.807, 2.05) is 0 Å². The lowest BCUT2D eigenvalue weighted by Gasteiger charge is -2.31. The predicted molar refractivity (Wildman–Crippen MR) is 102 cm³/mol. The van der Waals surface area contributed by atoms with Crippen LogP contribution in [0.5, 0.6) is 0 Å². The fourth-order valence-electron chi connectivity index (χ4n) is 3.06. The van der Waals surface area contributed by atoms with Crippen LogP contribution in [0.1, 0.15) is 47.1 Å². The maximum absolute atomic E-state index is 12.3. The van der Waals surface area contributed by atoms with Crippen molar-refractivity contribution in [3.8, 4) is 0 Å². The highest BCUT2D eigenvalue weighted by atomic mass is 35.5. The number of carbonyl (C=O) groups excluding carboxylic acids is 1. The van der Waals surface area contributed by atoms with Gasteiger partial charge in [0.25, 0.3) is 5.91 Å². The molecule has 1 unspecified atom stereocenters. The fourth-order valence-corrected chi connectivity index (χ4v) is 4.52. The van der Waals surface area contributed by atoms with E-state index >= 15 is 0 Å². The van der Waals surface area contributed by atoms with E-state index < -0.39 is 22.0 Å². The number of carbonyl (C=O) groups is 1. The van der Waals surface area contributed by atoms with Gasteiger partial charge in [0.05, 0.1) is 22.3 Å². The van der Waals surface area contributed by atoms with Gasteiger partial charge in [-0.05, 0) is 30.5 Å². The Morgan fingerprint density at radius 3 is 2.78 bits per heavy atom. The van der Waals surface area contributed by atoms with E-state index in [1.165, 1.54) is 16.6 Å². The summed E-state index contributed by atoms with van der Waals surface area (Å²) in [5.74, 6) is -0.0439. The van der Waals surface area contributed by atoms with Gasteiger partial charge in [0.15, 0.2) is 11.5 Å². The van der Waals surface area contributed by atoms with Crippen LogP contribution in [0.2, 0.25) is 10.0 Å². The van der Waals surface area contributed by atoms with Crippen LogP contribution < -0.4 is 5.32 Å². The molecule has 1 fully saturated rings. The monoisotopic (exact) mass is 431 g/mol. The number of aromatic nitrogens is 1. The van der Waals surface area contributed by atoms with E-state index in [-0.39, 0.29) is 12.2 Å². The lowest BCUT2D eigenvalue weighted by atomic mass is 10.0. The largest absolute Gasteiger partial charge is 0.359 e. The van der Waals surface area contributed by atoms with Crippen molar-refractivity contribution in [3.05, 3.63) is 51.3 Å². The molecule has 3 rings (SSSR count). The molecule has 1 aliphatic heterocycles. The zero-order valence-corrected chi connectivity index (χ0v) is 16.9. The van der Waals surface area contributed by atoms with E-state index in [2.05, 4.69) is 10.5 Å². The number of piperidine rings is 1. The number of amides is 1. The summed E-state index contributed by atoms with van der Waals surface area (Å²) < 4.78 is 30.7. The van der Waals surface area contributed by atoms with Crippen LogP contribution in [0.4, 0.5) is 0 Å². The molecule has 0 radical (unpaired) electrons. The second-order valence-corrected chi connectivity index (χ2v) is 9.18. The smallest absolute Gasteiger partial charge is 0.273 e. The molecule has 0 aliphatic carbocycles. The Balaban J connectivity index is 1.69. The van der Waals surface area contributed by atoms with Crippen LogP contribution in [0.25, 0.3) is 0 Å². The summed E-state index contributed by atoms with van der Waals surface area (Å²) in [6, 6.07) is 6.15. The normalized spacial score (nSPS) is 18.4. The average Bonchev–Trinajstić information content (AvgIpc) is 3.12. The predicted octanol–water partition coefficient (Wildman–Crippen LogP) is 3.40. The van der Waals surface area contributed by atoms with Gasteiger partial charge in [0, 0.05) is 19.2 Å². The van der Waals surface area contributed by atoms with E-state index in [1.54, 1.807) is 18.2 Å². The van der Waals surface area contributed by atoms with Gasteiger partial charge < -0.3 is 9.84 Å². The van der Waals surface area contributed by atoms with E-state index in [0.29, 0.717) is 28.8 Å². The number of hydrogen-bond donors (Lipinski definition) is 1. The molecular weight excluding hydrogens is 413 g/mol. The second kappa shape index (κ2) is 8.18. The number of nitrogens with zero attached hydrogens (tertiary/aromatic N) is 2. The molecule has 2 aromatic rings. The van der Waals surface area contributed by atoms with Crippen molar-refractivity contribution in [1.29, 1.82) is 0 Å². The van der Waals surface area contributed by atoms with Gasteiger partial charge in [-0.25, -0.2) is 8.42 Å². The van der Waals surface area contributed by atoms with Crippen molar-refractivity contribution in [2.45, 2.75) is 31.8 Å². The Kier molecular flexibility index (Phi) is 6.10. The molecule has 27 heavy (non-hydrogen) atoms. The van der Waals surface area contributed by atoms with Crippen LogP contribution in [-0.4, -0.2) is 36.6 Å². The first-order chi connectivity index (χ1) is 12.8. The number of benzene rings is 1. The molecule has 7 nitrogen and oxygen atoms in total. The number of halogens is 2. The fraction of sp³-hybridized carbons (Fsp3) is 0.412. The van der Waals surface area contributed by atoms with Gasteiger partial charge in [-0.2, -0.15) is 4.31 Å². The lowest BCUT2D eigenvalue weighted by molar-refractivity contribution is 0.0941. The van der Waals surface area contributed by atoms with Gasteiger partial charge in [-0.3, -0.25) is 4.79 Å². The molecule has 1 amide bonds. The molecule has 1 aromatic heterocycles. The molecular formula is C17H19Cl2N3O4S. The minimum atomic E-state index is -3.37. The standard InChI is InChI=1S/C17H19Cl2N3O4S/c1-27(24,25)22-7-3-2-4-15(22)16-9-14(21-26-16)17(23)20-10-11-5-6-12(18)13(19)8-11/h5-6,8-9,15H,2-4,7,10H2,1H3,(H,20,23). The first kappa shape index (κ1) is 20.1. The highest BCUT2D eigenvalue weighted by Crippen LogP contribution is 2.33. The molecule has 1 atom stereocenters. The van der Waals surface area contributed by atoms with Crippen LogP contribution in [0, 0.1) is 0 Å². The maximum Gasteiger partial charge on any atom is 0.273 e.